The summed E-state index contributed by atoms with van der Waals surface area (Å²) in [6.07, 6.45) is 3.27. The third kappa shape index (κ3) is 8.41. The highest BCUT2D eigenvalue weighted by atomic mass is 127. The summed E-state index contributed by atoms with van der Waals surface area (Å²) in [5.74, 6) is 0.852. The fourth-order valence-electron chi connectivity index (χ4n) is 3.38. The Morgan fingerprint density at radius 3 is 2.70 bits per heavy atom. The molecule has 1 fully saturated rings. The maximum Gasteiger partial charge on any atom is 0.387 e. The standard InChI is InChI=1S/C20H29ClF2N4O2.HI/c1-3-16(27-11-5-6-18(27)28)9-10-25-20(24-4-2)26-13-14-12-15(21)7-8-17(14)29-19(22)23;/h7-8,12,16,19H,3-6,9-11,13H2,1-2H3,(H2,24,25,26);1H. The topological polar surface area (TPSA) is 66.0 Å². The SMILES string of the molecule is CCNC(=NCc1cc(Cl)ccc1OC(F)F)NCCC(CC)N1CCCC1=O.I. The lowest BCUT2D eigenvalue weighted by Gasteiger charge is -2.27. The summed E-state index contributed by atoms with van der Waals surface area (Å²) in [4.78, 5) is 18.4. The Bertz CT molecular complexity index is 709. The van der Waals surface area contributed by atoms with Crippen LogP contribution in [0.25, 0.3) is 0 Å². The molecule has 1 aliphatic heterocycles. The molecule has 0 bridgehead atoms. The molecular formula is C20H30ClF2IN4O2. The van der Waals surface area contributed by atoms with Crippen molar-refractivity contribution in [2.24, 2.45) is 4.99 Å². The molecular weight excluding hydrogens is 529 g/mol. The number of guanidine groups is 1. The van der Waals surface area contributed by atoms with E-state index < -0.39 is 6.61 Å². The Labute approximate surface area is 198 Å². The Balaban J connectivity index is 0.00000450. The minimum Gasteiger partial charge on any atom is -0.434 e. The zero-order valence-electron chi connectivity index (χ0n) is 17.3. The zero-order chi connectivity index (χ0) is 21.2. The first-order valence-electron chi connectivity index (χ1n) is 9.99. The van der Waals surface area contributed by atoms with E-state index in [1.165, 1.54) is 12.1 Å². The van der Waals surface area contributed by atoms with Gasteiger partial charge in [-0.1, -0.05) is 18.5 Å². The molecule has 1 saturated heterocycles. The average Bonchev–Trinajstić information content (AvgIpc) is 3.10. The molecule has 1 aromatic carbocycles. The van der Waals surface area contributed by atoms with Gasteiger partial charge in [0, 0.05) is 42.7 Å². The molecule has 1 aliphatic rings. The van der Waals surface area contributed by atoms with Crippen molar-refractivity contribution in [1.82, 2.24) is 15.5 Å². The van der Waals surface area contributed by atoms with E-state index in [-0.39, 0.29) is 48.2 Å². The maximum absolute atomic E-state index is 12.6. The Hall–Kier alpha value is -1.36. The first-order valence-corrected chi connectivity index (χ1v) is 10.4. The summed E-state index contributed by atoms with van der Waals surface area (Å²) in [7, 11) is 0. The van der Waals surface area contributed by atoms with E-state index in [1.807, 2.05) is 11.8 Å². The molecule has 1 heterocycles. The van der Waals surface area contributed by atoms with Crippen LogP contribution in [-0.4, -0.2) is 49.1 Å². The molecule has 30 heavy (non-hydrogen) atoms. The number of nitrogens with zero attached hydrogens (tertiary/aromatic N) is 2. The molecule has 0 radical (unpaired) electrons. The number of amides is 1. The quantitative estimate of drug-likeness (QED) is 0.254. The van der Waals surface area contributed by atoms with Gasteiger partial charge in [0.05, 0.1) is 6.54 Å². The number of carbonyl (C=O) groups excluding carboxylic acids is 1. The Morgan fingerprint density at radius 2 is 2.10 bits per heavy atom. The molecule has 0 saturated carbocycles. The van der Waals surface area contributed by atoms with Crippen molar-refractivity contribution >= 4 is 47.4 Å². The van der Waals surface area contributed by atoms with Crippen LogP contribution >= 0.6 is 35.6 Å². The highest BCUT2D eigenvalue weighted by molar-refractivity contribution is 14.0. The second-order valence-corrected chi connectivity index (χ2v) is 7.23. The van der Waals surface area contributed by atoms with E-state index in [0.717, 1.165) is 25.8 Å². The fraction of sp³-hybridized carbons (Fsp3) is 0.600. The second kappa shape index (κ2) is 13.8. The van der Waals surface area contributed by atoms with Gasteiger partial charge in [-0.15, -0.1) is 24.0 Å². The smallest absolute Gasteiger partial charge is 0.387 e. The van der Waals surface area contributed by atoms with Gasteiger partial charge in [0.15, 0.2) is 5.96 Å². The van der Waals surface area contributed by atoms with Gasteiger partial charge in [0.1, 0.15) is 5.75 Å². The average molecular weight is 559 g/mol. The molecule has 1 amide bonds. The molecule has 10 heteroatoms. The molecule has 0 aliphatic carbocycles. The van der Waals surface area contributed by atoms with Gasteiger partial charge in [0.2, 0.25) is 5.91 Å². The van der Waals surface area contributed by atoms with Crippen LogP contribution < -0.4 is 15.4 Å². The lowest BCUT2D eigenvalue weighted by atomic mass is 10.1. The molecule has 170 valence electrons. The number of hydrogen-bond donors (Lipinski definition) is 2. The number of ether oxygens (including phenoxy) is 1. The van der Waals surface area contributed by atoms with E-state index in [9.17, 15) is 13.6 Å². The molecule has 2 N–H and O–H groups in total. The predicted octanol–water partition coefficient (Wildman–Crippen LogP) is 4.41. The molecule has 0 aromatic heterocycles. The summed E-state index contributed by atoms with van der Waals surface area (Å²) in [5.41, 5.74) is 0.476. The van der Waals surface area contributed by atoms with Crippen LogP contribution in [-0.2, 0) is 11.3 Å². The first-order chi connectivity index (χ1) is 13.9. The van der Waals surface area contributed by atoms with Crippen molar-refractivity contribution in [1.29, 1.82) is 0 Å². The molecule has 1 unspecified atom stereocenters. The van der Waals surface area contributed by atoms with Crippen molar-refractivity contribution in [2.75, 3.05) is 19.6 Å². The minimum absolute atomic E-state index is 0. The number of carbonyl (C=O) groups is 1. The molecule has 6 nitrogen and oxygen atoms in total. The molecule has 1 aromatic rings. The van der Waals surface area contributed by atoms with Gasteiger partial charge in [0.25, 0.3) is 0 Å². The molecule has 0 spiro atoms. The van der Waals surface area contributed by atoms with Gasteiger partial charge in [-0.2, -0.15) is 8.78 Å². The predicted molar refractivity (Wildman–Crippen MR) is 126 cm³/mol. The van der Waals surface area contributed by atoms with E-state index >= 15 is 0 Å². The number of aliphatic imine (C=N–C) groups is 1. The first kappa shape index (κ1) is 26.7. The van der Waals surface area contributed by atoms with Crippen LogP contribution in [0.4, 0.5) is 8.78 Å². The van der Waals surface area contributed by atoms with Gasteiger partial charge in [-0.25, -0.2) is 4.99 Å². The highest BCUT2D eigenvalue weighted by Crippen LogP contribution is 2.25. The molecule has 2 rings (SSSR count). The Kier molecular flexibility index (Phi) is 12.3. The fourth-order valence-corrected chi connectivity index (χ4v) is 3.58. The lowest BCUT2D eigenvalue weighted by Crippen LogP contribution is -2.42. The monoisotopic (exact) mass is 558 g/mol. The van der Waals surface area contributed by atoms with E-state index in [1.54, 1.807) is 6.07 Å². The lowest BCUT2D eigenvalue weighted by molar-refractivity contribution is -0.129. The van der Waals surface area contributed by atoms with Crippen LogP contribution in [0.5, 0.6) is 5.75 Å². The summed E-state index contributed by atoms with van der Waals surface area (Å²) in [6, 6.07) is 4.69. The number of hydrogen-bond acceptors (Lipinski definition) is 3. The number of alkyl halides is 2. The van der Waals surface area contributed by atoms with Gasteiger partial charge in [-0.05, 0) is 44.4 Å². The number of nitrogens with one attached hydrogen (secondary N) is 2. The van der Waals surface area contributed by atoms with Crippen molar-refractivity contribution in [2.45, 2.75) is 58.7 Å². The van der Waals surface area contributed by atoms with Crippen molar-refractivity contribution in [3.63, 3.8) is 0 Å². The van der Waals surface area contributed by atoms with Crippen LogP contribution in [0.3, 0.4) is 0 Å². The van der Waals surface area contributed by atoms with E-state index in [2.05, 4.69) is 27.3 Å². The zero-order valence-corrected chi connectivity index (χ0v) is 20.4. The number of likely N-dealkylation sites (tertiary alicyclic amines) is 1. The number of benzene rings is 1. The second-order valence-electron chi connectivity index (χ2n) is 6.79. The van der Waals surface area contributed by atoms with Gasteiger partial charge in [-0.3, -0.25) is 4.79 Å². The number of halogens is 4. The van der Waals surface area contributed by atoms with Crippen LogP contribution in [0.2, 0.25) is 5.02 Å². The largest absolute Gasteiger partial charge is 0.434 e. The molecule has 1 atom stereocenters. The summed E-state index contributed by atoms with van der Waals surface area (Å²) in [6.45, 7) is 3.38. The minimum atomic E-state index is -2.91. The van der Waals surface area contributed by atoms with Crippen LogP contribution in [0.1, 0.15) is 45.1 Å². The van der Waals surface area contributed by atoms with Crippen LogP contribution in [0.15, 0.2) is 23.2 Å². The van der Waals surface area contributed by atoms with Crippen LogP contribution in [0, 0.1) is 0 Å². The third-order valence-electron chi connectivity index (χ3n) is 4.78. The summed E-state index contributed by atoms with van der Waals surface area (Å²) in [5, 5.41) is 6.81. The highest BCUT2D eigenvalue weighted by Gasteiger charge is 2.26. The maximum atomic E-state index is 12.6. The van der Waals surface area contributed by atoms with E-state index in [4.69, 9.17) is 11.6 Å². The Morgan fingerprint density at radius 1 is 1.33 bits per heavy atom. The van der Waals surface area contributed by atoms with E-state index in [0.29, 0.717) is 36.1 Å². The van der Waals surface area contributed by atoms with Crippen molar-refractivity contribution in [3.8, 4) is 5.75 Å². The van der Waals surface area contributed by atoms with Gasteiger partial charge < -0.3 is 20.3 Å². The van der Waals surface area contributed by atoms with Crippen molar-refractivity contribution in [3.05, 3.63) is 28.8 Å². The summed E-state index contributed by atoms with van der Waals surface area (Å²) >= 11 is 5.98. The summed E-state index contributed by atoms with van der Waals surface area (Å²) < 4.78 is 29.8. The third-order valence-corrected chi connectivity index (χ3v) is 5.02. The normalized spacial score (nSPS) is 15.2. The van der Waals surface area contributed by atoms with Gasteiger partial charge >= 0.3 is 6.61 Å². The number of rotatable bonds is 10. The van der Waals surface area contributed by atoms with Crippen molar-refractivity contribution < 1.29 is 18.3 Å².